The van der Waals surface area contributed by atoms with Crippen molar-refractivity contribution in [3.63, 3.8) is 0 Å². The van der Waals surface area contributed by atoms with Crippen LogP contribution in [0.3, 0.4) is 0 Å². The molecule has 84 valence electrons. The van der Waals surface area contributed by atoms with E-state index in [4.69, 9.17) is 4.42 Å². The van der Waals surface area contributed by atoms with Gasteiger partial charge in [-0.3, -0.25) is 4.90 Å². The fourth-order valence-electron chi connectivity index (χ4n) is 2.44. The molecule has 0 spiro atoms. The second-order valence-corrected chi connectivity index (χ2v) is 4.96. The lowest BCUT2D eigenvalue weighted by molar-refractivity contribution is 0.234. The van der Waals surface area contributed by atoms with E-state index in [0.29, 0.717) is 12.0 Å². The lowest BCUT2D eigenvalue weighted by Gasteiger charge is -2.22. The first-order chi connectivity index (χ1) is 7.22. The van der Waals surface area contributed by atoms with Gasteiger partial charge in [0.05, 0.1) is 6.04 Å². The standard InChI is InChI=1S/C11H17BrN2O/c1-13-7-8-5-6-14(2)11(8)9-3-4-10(12)15-9/h3-4,8,11,13H,5-7H2,1-2H3. The van der Waals surface area contributed by atoms with Gasteiger partial charge < -0.3 is 9.73 Å². The van der Waals surface area contributed by atoms with Crippen LogP contribution in [0.4, 0.5) is 0 Å². The van der Waals surface area contributed by atoms with Crippen LogP contribution in [-0.2, 0) is 0 Å². The second-order valence-electron chi connectivity index (χ2n) is 4.17. The highest BCUT2D eigenvalue weighted by Crippen LogP contribution is 2.37. The molecule has 1 aliphatic rings. The van der Waals surface area contributed by atoms with E-state index in [1.807, 2.05) is 13.1 Å². The quantitative estimate of drug-likeness (QED) is 0.915. The summed E-state index contributed by atoms with van der Waals surface area (Å²) in [5.74, 6) is 1.72. The fraction of sp³-hybridized carbons (Fsp3) is 0.636. The van der Waals surface area contributed by atoms with E-state index in [0.717, 1.165) is 23.5 Å². The average molecular weight is 273 g/mol. The van der Waals surface area contributed by atoms with Crippen LogP contribution in [0, 0.1) is 5.92 Å². The topological polar surface area (TPSA) is 28.4 Å². The first kappa shape index (κ1) is 11.2. The Morgan fingerprint density at radius 1 is 1.60 bits per heavy atom. The average Bonchev–Trinajstić information content (AvgIpc) is 2.74. The zero-order valence-electron chi connectivity index (χ0n) is 9.16. The lowest BCUT2D eigenvalue weighted by atomic mass is 9.98. The van der Waals surface area contributed by atoms with Crippen LogP contribution in [0.2, 0.25) is 0 Å². The van der Waals surface area contributed by atoms with Gasteiger partial charge in [0.2, 0.25) is 0 Å². The highest BCUT2D eigenvalue weighted by molar-refractivity contribution is 9.10. The molecule has 2 heterocycles. The van der Waals surface area contributed by atoms with E-state index < -0.39 is 0 Å². The maximum atomic E-state index is 5.66. The van der Waals surface area contributed by atoms with Crippen molar-refractivity contribution in [1.29, 1.82) is 0 Å². The number of hydrogen-bond acceptors (Lipinski definition) is 3. The van der Waals surface area contributed by atoms with Gasteiger partial charge >= 0.3 is 0 Å². The van der Waals surface area contributed by atoms with Gasteiger partial charge in [0.15, 0.2) is 4.67 Å². The molecule has 2 unspecified atom stereocenters. The highest BCUT2D eigenvalue weighted by atomic mass is 79.9. The molecule has 1 aliphatic heterocycles. The van der Waals surface area contributed by atoms with Gasteiger partial charge in [0, 0.05) is 0 Å². The highest BCUT2D eigenvalue weighted by Gasteiger charge is 2.34. The molecule has 3 nitrogen and oxygen atoms in total. The molecule has 1 aromatic rings. The Morgan fingerprint density at radius 2 is 2.40 bits per heavy atom. The van der Waals surface area contributed by atoms with E-state index in [2.05, 4.69) is 39.3 Å². The smallest absolute Gasteiger partial charge is 0.169 e. The number of hydrogen-bond donors (Lipinski definition) is 1. The third-order valence-corrected chi connectivity index (χ3v) is 3.55. The summed E-state index contributed by atoms with van der Waals surface area (Å²) in [5, 5.41) is 3.26. The molecule has 2 atom stereocenters. The molecule has 1 N–H and O–H groups in total. The molecule has 1 fully saturated rings. The maximum absolute atomic E-state index is 5.66. The number of nitrogens with zero attached hydrogens (tertiary/aromatic N) is 1. The molecule has 0 radical (unpaired) electrons. The Kier molecular flexibility index (Phi) is 3.49. The number of rotatable bonds is 3. The molecule has 0 aromatic carbocycles. The summed E-state index contributed by atoms with van der Waals surface area (Å²) in [7, 11) is 4.17. The Hall–Kier alpha value is -0.320. The molecule has 0 bridgehead atoms. The van der Waals surface area contributed by atoms with Crippen molar-refractivity contribution >= 4 is 15.9 Å². The van der Waals surface area contributed by atoms with E-state index in [-0.39, 0.29) is 0 Å². The van der Waals surface area contributed by atoms with E-state index in [1.54, 1.807) is 0 Å². The van der Waals surface area contributed by atoms with Gasteiger partial charge in [-0.1, -0.05) is 0 Å². The van der Waals surface area contributed by atoms with Crippen LogP contribution < -0.4 is 5.32 Å². The fourth-order valence-corrected chi connectivity index (χ4v) is 2.76. The number of likely N-dealkylation sites (tertiary alicyclic amines) is 1. The third-order valence-electron chi connectivity index (χ3n) is 3.13. The van der Waals surface area contributed by atoms with Crippen LogP contribution in [-0.4, -0.2) is 32.1 Å². The van der Waals surface area contributed by atoms with Gasteiger partial charge in [-0.15, -0.1) is 0 Å². The van der Waals surface area contributed by atoms with Crippen LogP contribution >= 0.6 is 15.9 Å². The van der Waals surface area contributed by atoms with Crippen molar-refractivity contribution in [2.24, 2.45) is 5.92 Å². The van der Waals surface area contributed by atoms with Crippen molar-refractivity contribution in [3.8, 4) is 0 Å². The molecular formula is C11H17BrN2O. The minimum absolute atomic E-state index is 0.420. The minimum Gasteiger partial charge on any atom is -0.453 e. The van der Waals surface area contributed by atoms with Gasteiger partial charge in [0.1, 0.15) is 5.76 Å². The predicted molar refractivity (Wildman–Crippen MR) is 63.8 cm³/mol. The zero-order valence-corrected chi connectivity index (χ0v) is 10.8. The van der Waals surface area contributed by atoms with Crippen LogP contribution in [0.25, 0.3) is 0 Å². The van der Waals surface area contributed by atoms with E-state index in [9.17, 15) is 0 Å². The normalized spacial score (nSPS) is 27.4. The summed E-state index contributed by atoms with van der Waals surface area (Å²) in [6.07, 6.45) is 1.24. The Bertz CT molecular complexity index is 324. The SMILES string of the molecule is CNCC1CCN(C)C1c1ccc(Br)o1. The summed E-state index contributed by atoms with van der Waals surface area (Å²) >= 11 is 3.36. The van der Waals surface area contributed by atoms with Crippen molar-refractivity contribution in [2.45, 2.75) is 12.5 Å². The largest absolute Gasteiger partial charge is 0.453 e. The van der Waals surface area contributed by atoms with E-state index >= 15 is 0 Å². The minimum atomic E-state index is 0.420. The lowest BCUT2D eigenvalue weighted by Crippen LogP contribution is -2.26. The van der Waals surface area contributed by atoms with Gasteiger partial charge in [-0.05, 0) is 67.6 Å². The Labute approximate surface area is 99.0 Å². The maximum Gasteiger partial charge on any atom is 0.169 e. The Balaban J connectivity index is 2.17. The van der Waals surface area contributed by atoms with Crippen molar-refractivity contribution < 1.29 is 4.42 Å². The van der Waals surface area contributed by atoms with Crippen LogP contribution in [0.5, 0.6) is 0 Å². The molecule has 0 amide bonds. The summed E-state index contributed by atoms with van der Waals surface area (Å²) in [5.41, 5.74) is 0. The summed E-state index contributed by atoms with van der Waals surface area (Å²) in [6.45, 7) is 2.20. The third kappa shape index (κ3) is 2.27. The molecular weight excluding hydrogens is 256 g/mol. The van der Waals surface area contributed by atoms with Crippen LogP contribution in [0.1, 0.15) is 18.2 Å². The predicted octanol–water partition coefficient (Wildman–Crippen LogP) is 2.25. The zero-order chi connectivity index (χ0) is 10.8. The number of nitrogens with one attached hydrogen (secondary N) is 1. The van der Waals surface area contributed by atoms with Gasteiger partial charge in [0.25, 0.3) is 0 Å². The molecule has 15 heavy (non-hydrogen) atoms. The first-order valence-corrected chi connectivity index (χ1v) is 6.11. The number of furan rings is 1. The van der Waals surface area contributed by atoms with Crippen molar-refractivity contribution in [2.75, 3.05) is 27.2 Å². The summed E-state index contributed by atoms with van der Waals surface area (Å²) < 4.78 is 6.48. The monoisotopic (exact) mass is 272 g/mol. The summed E-state index contributed by atoms with van der Waals surface area (Å²) in [6, 6.07) is 4.46. The summed E-state index contributed by atoms with van der Waals surface area (Å²) in [4.78, 5) is 2.37. The van der Waals surface area contributed by atoms with Gasteiger partial charge in [-0.2, -0.15) is 0 Å². The number of halogens is 1. The van der Waals surface area contributed by atoms with Crippen molar-refractivity contribution in [3.05, 3.63) is 22.6 Å². The molecule has 4 heteroatoms. The van der Waals surface area contributed by atoms with Gasteiger partial charge in [-0.25, -0.2) is 0 Å². The molecule has 1 saturated heterocycles. The molecule has 0 aliphatic carbocycles. The molecule has 2 rings (SSSR count). The second kappa shape index (κ2) is 4.68. The van der Waals surface area contributed by atoms with Crippen LogP contribution in [0.15, 0.2) is 21.2 Å². The molecule has 0 saturated carbocycles. The Morgan fingerprint density at radius 3 is 3.00 bits per heavy atom. The first-order valence-electron chi connectivity index (χ1n) is 5.32. The van der Waals surface area contributed by atoms with Crippen molar-refractivity contribution in [1.82, 2.24) is 10.2 Å². The van der Waals surface area contributed by atoms with E-state index in [1.165, 1.54) is 6.42 Å². The molecule has 1 aromatic heterocycles.